The largest absolute Gasteiger partial charge is 0.373 e. The summed E-state index contributed by atoms with van der Waals surface area (Å²) in [5, 5.41) is 10.1. The molecule has 1 aliphatic rings. The van der Waals surface area contributed by atoms with E-state index in [1.807, 2.05) is 31.0 Å². The molecule has 0 aliphatic carbocycles. The van der Waals surface area contributed by atoms with Crippen LogP contribution in [-0.4, -0.2) is 27.3 Å². The average Bonchev–Trinajstić information content (AvgIpc) is 3.21. The SMILES string of the molecule is Cc1c([C@H]2OCC[C@@H]2C(=O)N[C@H](C)c2nccs2)cnn1C. The van der Waals surface area contributed by atoms with Crippen molar-refractivity contribution in [1.29, 1.82) is 0 Å². The molecule has 0 radical (unpaired) electrons. The molecule has 2 aromatic heterocycles. The third kappa shape index (κ3) is 2.78. The number of carbonyl (C=O) groups is 1. The molecule has 7 heteroatoms. The van der Waals surface area contributed by atoms with E-state index < -0.39 is 0 Å². The molecule has 0 bridgehead atoms. The lowest BCUT2D eigenvalue weighted by Crippen LogP contribution is -2.34. The Kier molecular flexibility index (Phi) is 4.26. The van der Waals surface area contributed by atoms with Gasteiger partial charge in [-0.1, -0.05) is 0 Å². The van der Waals surface area contributed by atoms with Gasteiger partial charge in [-0.25, -0.2) is 4.98 Å². The molecule has 2 aromatic rings. The van der Waals surface area contributed by atoms with E-state index in [1.165, 1.54) is 0 Å². The zero-order valence-corrected chi connectivity index (χ0v) is 13.8. The van der Waals surface area contributed by atoms with E-state index in [1.54, 1.807) is 23.7 Å². The van der Waals surface area contributed by atoms with Gasteiger partial charge in [-0.2, -0.15) is 5.10 Å². The third-order valence-electron chi connectivity index (χ3n) is 4.19. The Morgan fingerprint density at radius 1 is 1.59 bits per heavy atom. The fraction of sp³-hybridized carbons (Fsp3) is 0.533. The first-order chi connectivity index (χ1) is 10.6. The molecular weight excluding hydrogens is 300 g/mol. The van der Waals surface area contributed by atoms with E-state index >= 15 is 0 Å². The number of ether oxygens (including phenoxy) is 1. The summed E-state index contributed by atoms with van der Waals surface area (Å²) in [7, 11) is 1.90. The summed E-state index contributed by atoms with van der Waals surface area (Å²) in [6.07, 6.45) is 4.08. The fourth-order valence-electron chi connectivity index (χ4n) is 2.79. The van der Waals surface area contributed by atoms with E-state index in [0.29, 0.717) is 6.61 Å². The Morgan fingerprint density at radius 2 is 2.41 bits per heavy atom. The Hall–Kier alpha value is -1.73. The van der Waals surface area contributed by atoms with Crippen LogP contribution in [0.3, 0.4) is 0 Å². The normalized spacial score (nSPS) is 22.7. The lowest BCUT2D eigenvalue weighted by molar-refractivity contribution is -0.127. The molecule has 0 saturated carbocycles. The Labute approximate surface area is 133 Å². The maximum atomic E-state index is 12.6. The minimum Gasteiger partial charge on any atom is -0.373 e. The molecule has 1 amide bonds. The van der Waals surface area contributed by atoms with E-state index in [4.69, 9.17) is 4.74 Å². The van der Waals surface area contributed by atoms with Crippen molar-refractivity contribution >= 4 is 17.2 Å². The topological polar surface area (TPSA) is 69.0 Å². The van der Waals surface area contributed by atoms with Gasteiger partial charge in [0.15, 0.2) is 0 Å². The van der Waals surface area contributed by atoms with Crippen molar-refractivity contribution in [3.05, 3.63) is 34.0 Å². The van der Waals surface area contributed by atoms with E-state index in [9.17, 15) is 4.79 Å². The maximum Gasteiger partial charge on any atom is 0.226 e. The van der Waals surface area contributed by atoms with Crippen LogP contribution in [0.25, 0.3) is 0 Å². The first-order valence-electron chi connectivity index (χ1n) is 7.37. The molecule has 1 N–H and O–H groups in total. The average molecular weight is 320 g/mol. The molecule has 0 unspecified atom stereocenters. The predicted octanol–water partition coefficient (Wildman–Crippen LogP) is 2.14. The smallest absolute Gasteiger partial charge is 0.226 e. The van der Waals surface area contributed by atoms with Crippen molar-refractivity contribution in [2.24, 2.45) is 13.0 Å². The van der Waals surface area contributed by atoms with Crippen LogP contribution in [0.1, 0.15) is 41.8 Å². The van der Waals surface area contributed by atoms with Crippen molar-refractivity contribution in [2.45, 2.75) is 32.4 Å². The molecule has 22 heavy (non-hydrogen) atoms. The quantitative estimate of drug-likeness (QED) is 0.937. The summed E-state index contributed by atoms with van der Waals surface area (Å²) in [4.78, 5) is 16.9. The molecule has 0 spiro atoms. The third-order valence-corrected chi connectivity index (χ3v) is 5.15. The van der Waals surface area contributed by atoms with Crippen LogP contribution in [0.5, 0.6) is 0 Å². The molecule has 1 fully saturated rings. The zero-order chi connectivity index (χ0) is 15.7. The lowest BCUT2D eigenvalue weighted by atomic mass is 9.94. The summed E-state index contributed by atoms with van der Waals surface area (Å²) >= 11 is 1.55. The number of amides is 1. The monoisotopic (exact) mass is 320 g/mol. The summed E-state index contributed by atoms with van der Waals surface area (Å²) < 4.78 is 7.62. The number of aromatic nitrogens is 3. The fourth-order valence-corrected chi connectivity index (χ4v) is 3.44. The van der Waals surface area contributed by atoms with Crippen LogP contribution < -0.4 is 5.32 Å². The van der Waals surface area contributed by atoms with E-state index in [0.717, 1.165) is 22.7 Å². The molecule has 3 rings (SSSR count). The Balaban J connectivity index is 1.73. The molecule has 118 valence electrons. The van der Waals surface area contributed by atoms with E-state index in [2.05, 4.69) is 15.4 Å². The van der Waals surface area contributed by atoms with Gasteiger partial charge >= 0.3 is 0 Å². The second kappa shape index (κ2) is 6.18. The summed E-state index contributed by atoms with van der Waals surface area (Å²) in [6, 6.07) is -0.0799. The van der Waals surface area contributed by atoms with Crippen LogP contribution >= 0.6 is 11.3 Å². The summed E-state index contributed by atoms with van der Waals surface area (Å²) in [6.45, 7) is 4.55. The Bertz CT molecular complexity index is 653. The van der Waals surface area contributed by atoms with E-state index in [-0.39, 0.29) is 24.0 Å². The van der Waals surface area contributed by atoms with Gasteiger partial charge in [0, 0.05) is 36.5 Å². The van der Waals surface area contributed by atoms with Crippen molar-refractivity contribution in [3.8, 4) is 0 Å². The van der Waals surface area contributed by atoms with Crippen molar-refractivity contribution < 1.29 is 9.53 Å². The molecule has 1 aliphatic heterocycles. The van der Waals surface area contributed by atoms with Crippen molar-refractivity contribution in [3.63, 3.8) is 0 Å². The number of nitrogens with zero attached hydrogens (tertiary/aromatic N) is 3. The highest BCUT2D eigenvalue weighted by molar-refractivity contribution is 7.09. The lowest BCUT2D eigenvalue weighted by Gasteiger charge is -2.20. The number of nitrogens with one attached hydrogen (secondary N) is 1. The first kappa shape index (κ1) is 15.2. The van der Waals surface area contributed by atoms with Gasteiger partial charge in [-0.3, -0.25) is 9.48 Å². The van der Waals surface area contributed by atoms with Gasteiger partial charge in [0.1, 0.15) is 5.01 Å². The van der Waals surface area contributed by atoms with Gasteiger partial charge < -0.3 is 10.1 Å². The standard InChI is InChI=1S/C15H20N4O2S/c1-9(15-16-5-7-22-15)18-14(20)11-4-6-21-13(11)12-8-17-19(3)10(12)2/h5,7-9,11,13H,4,6H2,1-3H3,(H,18,20)/t9-,11+,13+/m1/s1. The van der Waals surface area contributed by atoms with Crippen molar-refractivity contribution in [1.82, 2.24) is 20.1 Å². The minimum atomic E-state index is -0.211. The summed E-state index contributed by atoms with van der Waals surface area (Å²) in [5.74, 6) is -0.154. The minimum absolute atomic E-state index is 0.0217. The number of aryl methyl sites for hydroxylation is 1. The molecular formula is C15H20N4O2S. The van der Waals surface area contributed by atoms with Crippen LogP contribution in [0, 0.1) is 12.8 Å². The van der Waals surface area contributed by atoms with Crippen molar-refractivity contribution in [2.75, 3.05) is 6.61 Å². The highest BCUT2D eigenvalue weighted by atomic mass is 32.1. The molecule has 3 heterocycles. The molecule has 0 aromatic carbocycles. The number of rotatable bonds is 4. The molecule has 6 nitrogen and oxygen atoms in total. The maximum absolute atomic E-state index is 12.6. The second-order valence-corrected chi connectivity index (χ2v) is 6.52. The first-order valence-corrected chi connectivity index (χ1v) is 8.25. The van der Waals surface area contributed by atoms with Crippen LogP contribution in [0.2, 0.25) is 0 Å². The molecule has 1 saturated heterocycles. The van der Waals surface area contributed by atoms with Gasteiger partial charge in [-0.15, -0.1) is 11.3 Å². The summed E-state index contributed by atoms with van der Waals surface area (Å²) in [5.41, 5.74) is 2.04. The number of hydrogen-bond donors (Lipinski definition) is 1. The van der Waals surface area contributed by atoms with Gasteiger partial charge in [0.05, 0.1) is 24.3 Å². The number of carbonyl (C=O) groups excluding carboxylic acids is 1. The Morgan fingerprint density at radius 3 is 3.05 bits per heavy atom. The van der Waals surface area contributed by atoms with Gasteiger partial charge in [-0.05, 0) is 20.3 Å². The predicted molar refractivity (Wildman–Crippen MR) is 83.4 cm³/mol. The van der Waals surface area contributed by atoms with Crippen LogP contribution in [0.15, 0.2) is 17.8 Å². The van der Waals surface area contributed by atoms with Crippen LogP contribution in [-0.2, 0) is 16.6 Å². The second-order valence-electron chi connectivity index (χ2n) is 5.60. The highest BCUT2D eigenvalue weighted by Crippen LogP contribution is 2.36. The molecule has 3 atom stereocenters. The number of hydrogen-bond acceptors (Lipinski definition) is 5. The van der Waals surface area contributed by atoms with Crippen LogP contribution in [0.4, 0.5) is 0 Å². The van der Waals surface area contributed by atoms with Gasteiger partial charge in [0.25, 0.3) is 0 Å². The van der Waals surface area contributed by atoms with Gasteiger partial charge in [0.2, 0.25) is 5.91 Å². The zero-order valence-electron chi connectivity index (χ0n) is 12.9. The highest BCUT2D eigenvalue weighted by Gasteiger charge is 2.37. The number of thiazole rings is 1.